The second-order valence-corrected chi connectivity index (χ2v) is 10.6. The molecule has 0 bridgehead atoms. The van der Waals surface area contributed by atoms with Crippen LogP contribution in [0.3, 0.4) is 0 Å². The predicted octanol–water partition coefficient (Wildman–Crippen LogP) is 3.21. The van der Waals surface area contributed by atoms with Gasteiger partial charge in [0, 0.05) is 42.8 Å². The van der Waals surface area contributed by atoms with Crippen LogP contribution in [0.5, 0.6) is 0 Å². The van der Waals surface area contributed by atoms with Crippen LogP contribution in [0.2, 0.25) is 0 Å². The van der Waals surface area contributed by atoms with E-state index in [0.717, 1.165) is 52.7 Å². The Morgan fingerprint density at radius 3 is 2.61 bits per heavy atom. The fourth-order valence-electron chi connectivity index (χ4n) is 5.11. The summed E-state index contributed by atoms with van der Waals surface area (Å²) in [6, 6.07) is 8.14. The lowest BCUT2D eigenvalue weighted by molar-refractivity contribution is -0.133. The first-order valence-electron chi connectivity index (χ1n) is 12.0. The van der Waals surface area contributed by atoms with Crippen molar-refractivity contribution in [3.05, 3.63) is 51.9 Å². The lowest BCUT2D eigenvalue weighted by atomic mass is 9.97. The van der Waals surface area contributed by atoms with E-state index in [2.05, 4.69) is 55.2 Å². The van der Waals surface area contributed by atoms with Gasteiger partial charge in [0.05, 0.1) is 17.7 Å². The van der Waals surface area contributed by atoms with Gasteiger partial charge in [-0.15, -0.1) is 0 Å². The molecule has 33 heavy (non-hydrogen) atoms. The summed E-state index contributed by atoms with van der Waals surface area (Å²) in [5.41, 5.74) is 2.90. The molecule has 1 aromatic carbocycles. The molecule has 5 rings (SSSR count). The van der Waals surface area contributed by atoms with Crippen molar-refractivity contribution in [2.24, 2.45) is 5.92 Å². The molecule has 2 N–H and O–H groups in total. The number of fused-ring (bicyclic) bond motifs is 1. The topological polar surface area (TPSA) is 81.6 Å². The van der Waals surface area contributed by atoms with Gasteiger partial charge in [0.15, 0.2) is 0 Å². The molecule has 7 nitrogen and oxygen atoms in total. The number of aliphatic hydroxyl groups excluding tert-OH is 1. The molecule has 2 aromatic rings. The van der Waals surface area contributed by atoms with Crippen LogP contribution in [0, 0.1) is 5.92 Å². The Kier molecular flexibility index (Phi) is 6.67. The van der Waals surface area contributed by atoms with Crippen LogP contribution in [0.25, 0.3) is 0 Å². The van der Waals surface area contributed by atoms with Crippen LogP contribution in [0.15, 0.2) is 35.1 Å². The third kappa shape index (κ3) is 4.93. The van der Waals surface area contributed by atoms with Gasteiger partial charge in [0.2, 0.25) is 5.91 Å². The molecule has 2 aliphatic carbocycles. The summed E-state index contributed by atoms with van der Waals surface area (Å²) < 4.78 is 1.02. The lowest BCUT2D eigenvalue weighted by Crippen LogP contribution is -2.51. The first kappa shape index (κ1) is 22.7. The molecule has 176 valence electrons. The van der Waals surface area contributed by atoms with Gasteiger partial charge in [-0.25, -0.2) is 9.97 Å². The number of halogens is 1. The molecule has 2 heterocycles. The Labute approximate surface area is 203 Å². The molecule has 8 heteroatoms. The highest BCUT2D eigenvalue weighted by molar-refractivity contribution is 9.10. The number of hydrogen-bond donors (Lipinski definition) is 2. The highest BCUT2D eigenvalue weighted by atomic mass is 79.9. The number of carbonyl (C=O) groups excluding carboxylic acids is 1. The maximum atomic E-state index is 13.6. The van der Waals surface area contributed by atoms with Gasteiger partial charge in [-0.05, 0) is 55.3 Å². The predicted molar refractivity (Wildman–Crippen MR) is 131 cm³/mol. The largest absolute Gasteiger partial charge is 0.387 e. The number of aromatic nitrogens is 2. The number of amides is 1. The van der Waals surface area contributed by atoms with Gasteiger partial charge < -0.3 is 20.2 Å². The SMILES string of the molecule is C[C@@H]1C[C@H](O)c2ncnc(N3CCN(C(=O)C(CNCC4CC4)c4ccc(Br)cc4)CC3)c21. The van der Waals surface area contributed by atoms with E-state index in [1.54, 1.807) is 6.33 Å². The maximum Gasteiger partial charge on any atom is 0.231 e. The smallest absolute Gasteiger partial charge is 0.231 e. The Bertz CT molecular complexity index is 989. The van der Waals surface area contributed by atoms with Gasteiger partial charge >= 0.3 is 0 Å². The average molecular weight is 514 g/mol. The first-order valence-corrected chi connectivity index (χ1v) is 12.8. The Hall–Kier alpha value is -2.03. The normalized spacial score (nSPS) is 23.5. The highest BCUT2D eigenvalue weighted by Crippen LogP contribution is 2.42. The number of benzene rings is 1. The second-order valence-electron chi connectivity index (χ2n) is 9.67. The maximum absolute atomic E-state index is 13.6. The molecule has 1 saturated carbocycles. The van der Waals surface area contributed by atoms with Gasteiger partial charge in [0.1, 0.15) is 12.1 Å². The standard InChI is InChI=1S/C25H32BrN5O2/c1-16-12-21(32)23-22(16)24(29-15-28-23)30-8-10-31(11-9-30)25(33)20(14-27-13-17-2-3-17)18-4-6-19(26)7-5-18/h4-7,15-17,20-21,27,32H,2-3,8-14H2,1H3/t16-,20?,21+/m1/s1. The van der Waals surface area contributed by atoms with Crippen molar-refractivity contribution in [3.8, 4) is 0 Å². The van der Waals surface area contributed by atoms with E-state index in [1.165, 1.54) is 12.8 Å². The molecule has 3 aliphatic rings. The van der Waals surface area contributed by atoms with Gasteiger partial charge in [-0.3, -0.25) is 4.79 Å². The summed E-state index contributed by atoms with van der Waals surface area (Å²) in [4.78, 5) is 26.8. The van der Waals surface area contributed by atoms with Crippen molar-refractivity contribution in [1.29, 1.82) is 0 Å². The lowest BCUT2D eigenvalue weighted by Gasteiger charge is -2.38. The molecule has 1 aromatic heterocycles. The Morgan fingerprint density at radius 1 is 1.18 bits per heavy atom. The van der Waals surface area contributed by atoms with Crippen molar-refractivity contribution in [2.75, 3.05) is 44.2 Å². The van der Waals surface area contributed by atoms with E-state index >= 15 is 0 Å². The van der Waals surface area contributed by atoms with E-state index in [-0.39, 0.29) is 17.7 Å². The number of nitrogens with zero attached hydrogens (tertiary/aromatic N) is 4. The fourth-order valence-corrected chi connectivity index (χ4v) is 5.37. The van der Waals surface area contributed by atoms with Crippen LogP contribution in [-0.2, 0) is 4.79 Å². The molecule has 1 unspecified atom stereocenters. The molecule has 2 fully saturated rings. The van der Waals surface area contributed by atoms with Gasteiger partial charge in [-0.1, -0.05) is 35.0 Å². The zero-order valence-corrected chi connectivity index (χ0v) is 20.7. The van der Waals surface area contributed by atoms with Gasteiger partial charge in [-0.2, -0.15) is 0 Å². The third-order valence-corrected chi connectivity index (χ3v) is 7.75. The summed E-state index contributed by atoms with van der Waals surface area (Å²) in [5, 5.41) is 13.9. The zero-order valence-electron chi connectivity index (χ0n) is 19.1. The molecule has 1 aliphatic heterocycles. The van der Waals surface area contributed by atoms with Crippen molar-refractivity contribution in [3.63, 3.8) is 0 Å². The van der Waals surface area contributed by atoms with Gasteiger partial charge in [0.25, 0.3) is 0 Å². The summed E-state index contributed by atoms with van der Waals surface area (Å²) in [6.07, 6.45) is 4.35. The first-order chi connectivity index (χ1) is 16.0. The summed E-state index contributed by atoms with van der Waals surface area (Å²) in [5.74, 6) is 1.96. The molecule has 3 atom stereocenters. The minimum atomic E-state index is -0.505. The number of rotatable bonds is 7. The molecule has 0 spiro atoms. The molecule has 1 saturated heterocycles. The summed E-state index contributed by atoms with van der Waals surface area (Å²) in [6.45, 7) is 6.61. The number of aliphatic hydroxyl groups is 1. The Morgan fingerprint density at radius 2 is 1.91 bits per heavy atom. The van der Waals surface area contributed by atoms with E-state index in [0.29, 0.717) is 26.1 Å². The van der Waals surface area contributed by atoms with Crippen LogP contribution in [0.1, 0.15) is 60.9 Å². The third-order valence-electron chi connectivity index (χ3n) is 7.22. The fraction of sp³-hybridized carbons (Fsp3) is 0.560. The van der Waals surface area contributed by atoms with Crippen molar-refractivity contribution in [1.82, 2.24) is 20.2 Å². The van der Waals surface area contributed by atoms with Crippen LogP contribution in [0.4, 0.5) is 5.82 Å². The summed E-state index contributed by atoms with van der Waals surface area (Å²) >= 11 is 3.50. The highest BCUT2D eigenvalue weighted by Gasteiger charge is 2.35. The quantitative estimate of drug-likeness (QED) is 0.591. The van der Waals surface area contributed by atoms with E-state index in [1.807, 2.05) is 17.0 Å². The minimum Gasteiger partial charge on any atom is -0.387 e. The van der Waals surface area contributed by atoms with Crippen molar-refractivity contribution < 1.29 is 9.90 Å². The zero-order chi connectivity index (χ0) is 22.9. The number of piperazine rings is 1. The number of carbonyl (C=O) groups is 1. The van der Waals surface area contributed by atoms with Crippen LogP contribution >= 0.6 is 15.9 Å². The van der Waals surface area contributed by atoms with Crippen molar-refractivity contribution >= 4 is 27.7 Å². The molecule has 0 radical (unpaired) electrons. The molecule has 1 amide bonds. The average Bonchev–Trinajstić information content (AvgIpc) is 3.61. The van der Waals surface area contributed by atoms with Crippen LogP contribution < -0.4 is 10.2 Å². The minimum absolute atomic E-state index is 0.179. The van der Waals surface area contributed by atoms with Crippen molar-refractivity contribution in [2.45, 2.75) is 44.1 Å². The van der Waals surface area contributed by atoms with E-state index in [4.69, 9.17) is 0 Å². The Balaban J connectivity index is 1.27. The summed E-state index contributed by atoms with van der Waals surface area (Å²) in [7, 11) is 0. The van der Waals surface area contributed by atoms with E-state index < -0.39 is 6.10 Å². The number of hydrogen-bond acceptors (Lipinski definition) is 6. The number of anilines is 1. The number of nitrogens with one attached hydrogen (secondary N) is 1. The molecular formula is C25H32BrN5O2. The second kappa shape index (κ2) is 9.68. The van der Waals surface area contributed by atoms with Crippen LogP contribution in [-0.4, -0.2) is 65.2 Å². The molecular weight excluding hydrogens is 482 g/mol. The van der Waals surface area contributed by atoms with E-state index in [9.17, 15) is 9.90 Å². The monoisotopic (exact) mass is 513 g/mol.